The number of carbonyl (C=O) groups is 2. The van der Waals surface area contributed by atoms with Gasteiger partial charge in [-0.2, -0.15) is 0 Å². The van der Waals surface area contributed by atoms with Gasteiger partial charge in [-0.25, -0.2) is 4.31 Å². The Labute approximate surface area is 190 Å². The van der Waals surface area contributed by atoms with Gasteiger partial charge in [-0.3, -0.25) is 14.5 Å². The molecule has 2 fully saturated rings. The fraction of sp³-hybridized carbons (Fsp3) is 0.652. The van der Waals surface area contributed by atoms with Crippen LogP contribution in [0.3, 0.4) is 0 Å². The van der Waals surface area contributed by atoms with Crippen molar-refractivity contribution >= 4 is 23.8 Å². The van der Waals surface area contributed by atoms with Gasteiger partial charge in [0.05, 0.1) is 13.2 Å². The zero-order valence-corrected chi connectivity index (χ0v) is 19.8. The number of hydrogen-bond acceptors (Lipinski definition) is 6. The number of hydrogen-bond donors (Lipinski definition) is 1. The number of amides is 2. The van der Waals surface area contributed by atoms with Crippen molar-refractivity contribution in [2.75, 3.05) is 59.0 Å². The first-order valence-corrected chi connectivity index (χ1v) is 12.1. The zero-order chi connectivity index (χ0) is 22.2. The zero-order valence-electron chi connectivity index (χ0n) is 19.0. The highest BCUT2D eigenvalue weighted by molar-refractivity contribution is 7.97. The maximum Gasteiger partial charge on any atom is 0.240 e. The summed E-state index contributed by atoms with van der Waals surface area (Å²) in [6.45, 7) is 12.8. The third-order valence-electron chi connectivity index (χ3n) is 5.90. The Morgan fingerprint density at radius 1 is 1.13 bits per heavy atom. The van der Waals surface area contributed by atoms with E-state index in [1.54, 1.807) is 23.8 Å². The van der Waals surface area contributed by atoms with Crippen LogP contribution in [0.25, 0.3) is 0 Å². The molecular formula is C23H36N4O3S. The van der Waals surface area contributed by atoms with Crippen molar-refractivity contribution in [1.82, 2.24) is 19.4 Å². The summed E-state index contributed by atoms with van der Waals surface area (Å²) < 4.78 is 7.51. The maximum atomic E-state index is 13.0. The lowest BCUT2D eigenvalue weighted by Crippen LogP contribution is -2.57. The molecule has 172 valence electrons. The maximum absolute atomic E-state index is 13.0. The van der Waals surface area contributed by atoms with Crippen molar-refractivity contribution in [3.63, 3.8) is 0 Å². The molecule has 2 heterocycles. The molecule has 8 heteroatoms. The first-order chi connectivity index (χ1) is 14.9. The number of nitrogens with one attached hydrogen (secondary N) is 1. The van der Waals surface area contributed by atoms with E-state index in [1.165, 1.54) is 5.56 Å². The van der Waals surface area contributed by atoms with Crippen LogP contribution in [-0.2, 0) is 14.3 Å². The first kappa shape index (κ1) is 24.0. The molecule has 0 spiro atoms. The van der Waals surface area contributed by atoms with Gasteiger partial charge in [0.2, 0.25) is 11.8 Å². The van der Waals surface area contributed by atoms with Gasteiger partial charge in [0.15, 0.2) is 0 Å². The predicted octanol–water partition coefficient (Wildman–Crippen LogP) is 2.19. The fourth-order valence-corrected chi connectivity index (χ4v) is 4.87. The molecule has 0 unspecified atom stereocenters. The van der Waals surface area contributed by atoms with Crippen LogP contribution in [0.2, 0.25) is 0 Å². The summed E-state index contributed by atoms with van der Waals surface area (Å²) in [5.41, 5.74) is 1.31. The molecule has 1 N–H and O–H groups in total. The highest BCUT2D eigenvalue weighted by atomic mass is 32.2. The molecule has 2 aliphatic heterocycles. The van der Waals surface area contributed by atoms with E-state index in [-0.39, 0.29) is 17.9 Å². The summed E-state index contributed by atoms with van der Waals surface area (Å²) in [6, 6.07) is 8.19. The number of morpholine rings is 1. The summed E-state index contributed by atoms with van der Waals surface area (Å²) in [5, 5.41) is 3.10. The van der Waals surface area contributed by atoms with E-state index in [2.05, 4.69) is 52.6 Å². The average Bonchev–Trinajstić information content (AvgIpc) is 2.77. The standard InChI is InChI=1S/C23H36N4O3S/c1-18(2)20-5-7-21(8-6-20)31-27-12-11-26(19(3)28)17-22(27)23(29)24-9-4-10-25-13-15-30-16-14-25/h5-8,18,22H,4,9-17H2,1-3H3,(H,24,29)/t22-/m1/s1. The van der Waals surface area contributed by atoms with E-state index in [1.807, 2.05) is 0 Å². The number of piperazine rings is 1. The van der Waals surface area contributed by atoms with E-state index in [0.29, 0.717) is 32.1 Å². The number of ether oxygens (including phenoxy) is 1. The summed E-state index contributed by atoms with van der Waals surface area (Å²) in [4.78, 5) is 30.2. The number of benzene rings is 1. The van der Waals surface area contributed by atoms with E-state index < -0.39 is 0 Å². The Bertz CT molecular complexity index is 722. The quantitative estimate of drug-likeness (QED) is 0.486. The Morgan fingerprint density at radius 3 is 2.48 bits per heavy atom. The second-order valence-corrected chi connectivity index (χ2v) is 9.66. The van der Waals surface area contributed by atoms with Crippen LogP contribution >= 0.6 is 11.9 Å². The number of rotatable bonds is 8. The smallest absolute Gasteiger partial charge is 0.240 e. The molecule has 0 bridgehead atoms. The van der Waals surface area contributed by atoms with Gasteiger partial charge in [-0.1, -0.05) is 26.0 Å². The van der Waals surface area contributed by atoms with Crippen molar-refractivity contribution in [2.24, 2.45) is 0 Å². The monoisotopic (exact) mass is 448 g/mol. The molecule has 0 aliphatic carbocycles. The SMILES string of the molecule is CC(=O)N1CCN(Sc2ccc(C(C)C)cc2)[C@@H](C(=O)NCCCN2CCOCC2)C1. The molecular weight excluding hydrogens is 412 g/mol. The van der Waals surface area contributed by atoms with Crippen molar-refractivity contribution in [2.45, 2.75) is 44.0 Å². The van der Waals surface area contributed by atoms with E-state index in [4.69, 9.17) is 4.74 Å². The lowest BCUT2D eigenvalue weighted by atomic mass is 10.0. The van der Waals surface area contributed by atoms with Crippen molar-refractivity contribution < 1.29 is 14.3 Å². The minimum atomic E-state index is -0.351. The molecule has 1 atom stereocenters. The van der Waals surface area contributed by atoms with Crippen LogP contribution in [0.4, 0.5) is 0 Å². The largest absolute Gasteiger partial charge is 0.379 e. The minimum absolute atomic E-state index is 0.000715. The van der Waals surface area contributed by atoms with Gasteiger partial charge in [-0.05, 0) is 48.5 Å². The number of carbonyl (C=O) groups excluding carboxylic acids is 2. The van der Waals surface area contributed by atoms with E-state index in [0.717, 1.165) is 44.2 Å². The van der Waals surface area contributed by atoms with Gasteiger partial charge in [0.1, 0.15) is 6.04 Å². The summed E-state index contributed by atoms with van der Waals surface area (Å²) in [5.74, 6) is 0.518. The Morgan fingerprint density at radius 2 is 1.84 bits per heavy atom. The van der Waals surface area contributed by atoms with Crippen LogP contribution in [-0.4, -0.2) is 91.0 Å². The summed E-state index contributed by atoms with van der Waals surface area (Å²) in [7, 11) is 0. The van der Waals surface area contributed by atoms with Crippen LogP contribution < -0.4 is 5.32 Å². The number of nitrogens with zero attached hydrogens (tertiary/aromatic N) is 3. The molecule has 7 nitrogen and oxygen atoms in total. The molecule has 0 aromatic heterocycles. The molecule has 1 aromatic rings. The lowest BCUT2D eigenvalue weighted by Gasteiger charge is -2.39. The Hall–Kier alpha value is -1.61. The van der Waals surface area contributed by atoms with Crippen molar-refractivity contribution in [3.8, 4) is 0 Å². The molecule has 31 heavy (non-hydrogen) atoms. The van der Waals surface area contributed by atoms with Crippen LogP contribution in [0.15, 0.2) is 29.2 Å². The fourth-order valence-electron chi connectivity index (χ4n) is 3.88. The second-order valence-electron chi connectivity index (χ2n) is 8.54. The molecule has 2 amide bonds. The average molecular weight is 449 g/mol. The minimum Gasteiger partial charge on any atom is -0.379 e. The molecule has 0 radical (unpaired) electrons. The highest BCUT2D eigenvalue weighted by Crippen LogP contribution is 2.28. The van der Waals surface area contributed by atoms with Gasteiger partial charge < -0.3 is 15.0 Å². The highest BCUT2D eigenvalue weighted by Gasteiger charge is 2.34. The van der Waals surface area contributed by atoms with Crippen LogP contribution in [0.5, 0.6) is 0 Å². The topological polar surface area (TPSA) is 65.1 Å². The molecule has 0 saturated carbocycles. The summed E-state index contributed by atoms with van der Waals surface area (Å²) >= 11 is 1.61. The van der Waals surface area contributed by atoms with Crippen LogP contribution in [0, 0.1) is 0 Å². The third-order valence-corrected chi connectivity index (χ3v) is 7.06. The van der Waals surface area contributed by atoms with Gasteiger partial charge in [0, 0.05) is 51.1 Å². The molecule has 2 aliphatic rings. The van der Waals surface area contributed by atoms with Crippen molar-refractivity contribution in [3.05, 3.63) is 29.8 Å². The van der Waals surface area contributed by atoms with E-state index >= 15 is 0 Å². The third kappa shape index (κ3) is 7.20. The molecule has 3 rings (SSSR count). The van der Waals surface area contributed by atoms with Gasteiger partial charge >= 0.3 is 0 Å². The molecule has 1 aromatic carbocycles. The lowest BCUT2D eigenvalue weighted by molar-refractivity contribution is -0.134. The molecule has 2 saturated heterocycles. The van der Waals surface area contributed by atoms with Crippen molar-refractivity contribution in [1.29, 1.82) is 0 Å². The first-order valence-electron chi connectivity index (χ1n) is 11.3. The Kier molecular flexibility index (Phi) is 9.19. The van der Waals surface area contributed by atoms with Gasteiger partial charge in [-0.15, -0.1) is 0 Å². The predicted molar refractivity (Wildman–Crippen MR) is 124 cm³/mol. The van der Waals surface area contributed by atoms with Crippen LogP contribution in [0.1, 0.15) is 38.7 Å². The van der Waals surface area contributed by atoms with E-state index in [9.17, 15) is 9.59 Å². The van der Waals surface area contributed by atoms with Gasteiger partial charge in [0.25, 0.3) is 0 Å². The second kappa shape index (κ2) is 11.9. The normalized spacial score (nSPS) is 20.8. The Balaban J connectivity index is 1.55. The summed E-state index contributed by atoms with van der Waals surface area (Å²) in [6.07, 6.45) is 0.915.